The molecule has 1 fully saturated rings. The molecule has 1 saturated heterocycles. The SMILES string of the molecule is CCCOc1ccc(/C(O)=C2\C(=O)C(=O)N(CCC)C2c2ccc(OCc3ccccc3)c(OC)c2)cc1C. The Morgan fingerprint density at radius 2 is 1.64 bits per heavy atom. The molecule has 4 rings (SSSR count). The normalized spacial score (nSPS) is 16.4. The number of amides is 1. The quantitative estimate of drug-likeness (QED) is 0.181. The number of carbonyl (C=O) groups is 2. The molecule has 0 aliphatic carbocycles. The van der Waals surface area contributed by atoms with E-state index in [4.69, 9.17) is 14.2 Å². The van der Waals surface area contributed by atoms with Crippen molar-refractivity contribution < 1.29 is 28.9 Å². The standard InChI is InChI=1S/C32H35NO6/c1-5-16-33-29(23-12-15-26(27(19-23)37-4)39-20-22-10-8-7-9-11-22)28(31(35)32(33)36)30(34)24-13-14-25(21(3)18-24)38-17-6-2/h7-15,18-19,29,34H,5-6,16-17,20H2,1-4H3/b30-28+. The van der Waals surface area contributed by atoms with Crippen molar-refractivity contribution >= 4 is 17.4 Å². The molecule has 1 unspecified atom stereocenters. The van der Waals surface area contributed by atoms with E-state index in [1.807, 2.05) is 57.2 Å². The highest BCUT2D eigenvalue weighted by Crippen LogP contribution is 2.42. The summed E-state index contributed by atoms with van der Waals surface area (Å²) in [6.07, 6.45) is 1.53. The van der Waals surface area contributed by atoms with E-state index in [1.54, 1.807) is 37.4 Å². The van der Waals surface area contributed by atoms with E-state index < -0.39 is 17.7 Å². The molecule has 1 heterocycles. The van der Waals surface area contributed by atoms with Crippen molar-refractivity contribution in [2.45, 2.75) is 46.3 Å². The number of Topliss-reactive ketones (excluding diaryl/α,β-unsaturated/α-hetero) is 1. The fraction of sp³-hybridized carbons (Fsp3) is 0.312. The lowest BCUT2D eigenvalue weighted by atomic mass is 9.94. The zero-order valence-electron chi connectivity index (χ0n) is 22.9. The summed E-state index contributed by atoms with van der Waals surface area (Å²) in [4.78, 5) is 27.9. The van der Waals surface area contributed by atoms with Crippen LogP contribution in [-0.4, -0.2) is 42.0 Å². The predicted molar refractivity (Wildman–Crippen MR) is 150 cm³/mol. The Hall–Kier alpha value is -4.26. The molecule has 39 heavy (non-hydrogen) atoms. The minimum Gasteiger partial charge on any atom is -0.507 e. The lowest BCUT2D eigenvalue weighted by Crippen LogP contribution is -2.30. The first kappa shape index (κ1) is 27.8. The molecule has 7 nitrogen and oxygen atoms in total. The van der Waals surface area contributed by atoms with Gasteiger partial charge >= 0.3 is 0 Å². The molecule has 0 radical (unpaired) electrons. The highest BCUT2D eigenvalue weighted by Gasteiger charge is 2.46. The van der Waals surface area contributed by atoms with E-state index in [2.05, 4.69) is 0 Å². The van der Waals surface area contributed by atoms with Gasteiger partial charge in [-0.1, -0.05) is 50.2 Å². The van der Waals surface area contributed by atoms with Crippen LogP contribution in [0.3, 0.4) is 0 Å². The van der Waals surface area contributed by atoms with E-state index in [0.29, 0.717) is 54.6 Å². The van der Waals surface area contributed by atoms with Gasteiger partial charge in [0.25, 0.3) is 11.7 Å². The molecule has 3 aromatic carbocycles. The zero-order chi connectivity index (χ0) is 27.9. The molecule has 1 aliphatic heterocycles. The van der Waals surface area contributed by atoms with Crippen molar-refractivity contribution in [1.82, 2.24) is 4.90 Å². The van der Waals surface area contributed by atoms with Gasteiger partial charge in [0.05, 0.1) is 25.3 Å². The van der Waals surface area contributed by atoms with E-state index in [0.717, 1.165) is 17.5 Å². The fourth-order valence-corrected chi connectivity index (χ4v) is 4.73. The van der Waals surface area contributed by atoms with Gasteiger partial charge in [0, 0.05) is 12.1 Å². The van der Waals surface area contributed by atoms with Gasteiger partial charge in [-0.3, -0.25) is 9.59 Å². The second-order valence-electron chi connectivity index (χ2n) is 9.51. The van der Waals surface area contributed by atoms with E-state index >= 15 is 0 Å². The molecule has 0 spiro atoms. The zero-order valence-corrected chi connectivity index (χ0v) is 22.9. The van der Waals surface area contributed by atoms with Crippen molar-refractivity contribution in [3.8, 4) is 17.2 Å². The number of aliphatic hydroxyl groups excluding tert-OH is 1. The number of rotatable bonds is 11. The maximum absolute atomic E-state index is 13.3. The molecule has 1 N–H and O–H groups in total. The summed E-state index contributed by atoms with van der Waals surface area (Å²) < 4.78 is 17.4. The second kappa shape index (κ2) is 12.5. The molecular weight excluding hydrogens is 494 g/mol. The molecule has 0 bridgehead atoms. The van der Waals surface area contributed by atoms with Crippen LogP contribution in [0.2, 0.25) is 0 Å². The molecule has 7 heteroatoms. The first-order valence-electron chi connectivity index (χ1n) is 13.3. The number of benzene rings is 3. The summed E-state index contributed by atoms with van der Waals surface area (Å²) in [5, 5.41) is 11.4. The highest BCUT2D eigenvalue weighted by atomic mass is 16.5. The molecule has 1 atom stereocenters. The van der Waals surface area contributed by atoms with Gasteiger partial charge in [-0.15, -0.1) is 0 Å². The van der Waals surface area contributed by atoms with Gasteiger partial charge in [-0.2, -0.15) is 0 Å². The average Bonchev–Trinajstić information content (AvgIpc) is 3.20. The lowest BCUT2D eigenvalue weighted by Gasteiger charge is -2.25. The topological polar surface area (TPSA) is 85.3 Å². The maximum Gasteiger partial charge on any atom is 0.295 e. The Kier molecular flexibility index (Phi) is 8.92. The molecule has 0 saturated carbocycles. The first-order valence-corrected chi connectivity index (χ1v) is 13.3. The Morgan fingerprint density at radius 1 is 0.897 bits per heavy atom. The number of hydrogen-bond acceptors (Lipinski definition) is 6. The fourth-order valence-electron chi connectivity index (χ4n) is 4.73. The van der Waals surface area contributed by atoms with Crippen LogP contribution in [-0.2, 0) is 16.2 Å². The van der Waals surface area contributed by atoms with Crippen molar-refractivity contribution in [3.63, 3.8) is 0 Å². The van der Waals surface area contributed by atoms with Crippen LogP contribution in [0.4, 0.5) is 0 Å². The van der Waals surface area contributed by atoms with Crippen molar-refractivity contribution in [3.05, 3.63) is 94.6 Å². The van der Waals surface area contributed by atoms with Crippen molar-refractivity contribution in [1.29, 1.82) is 0 Å². The monoisotopic (exact) mass is 529 g/mol. The molecule has 204 valence electrons. The van der Waals surface area contributed by atoms with Crippen LogP contribution in [0, 0.1) is 6.92 Å². The molecule has 1 aliphatic rings. The predicted octanol–water partition coefficient (Wildman–Crippen LogP) is 6.20. The first-order chi connectivity index (χ1) is 18.9. The summed E-state index contributed by atoms with van der Waals surface area (Å²) >= 11 is 0. The highest BCUT2D eigenvalue weighted by molar-refractivity contribution is 6.46. The number of methoxy groups -OCH3 is 1. The van der Waals surface area contributed by atoms with Crippen molar-refractivity contribution in [2.24, 2.45) is 0 Å². The number of aliphatic hydroxyl groups is 1. The van der Waals surface area contributed by atoms with Crippen LogP contribution < -0.4 is 14.2 Å². The third-order valence-electron chi connectivity index (χ3n) is 6.66. The third-order valence-corrected chi connectivity index (χ3v) is 6.66. The van der Waals surface area contributed by atoms with Gasteiger partial charge in [0.2, 0.25) is 0 Å². The van der Waals surface area contributed by atoms with Crippen LogP contribution in [0.15, 0.2) is 72.3 Å². The van der Waals surface area contributed by atoms with Gasteiger partial charge in [0.1, 0.15) is 18.1 Å². The average molecular weight is 530 g/mol. The maximum atomic E-state index is 13.3. The van der Waals surface area contributed by atoms with Gasteiger partial charge in [-0.05, 0) is 66.8 Å². The molecular formula is C32H35NO6. The second-order valence-corrected chi connectivity index (χ2v) is 9.51. The van der Waals surface area contributed by atoms with E-state index in [1.165, 1.54) is 4.90 Å². The molecule has 3 aromatic rings. The Balaban J connectivity index is 1.73. The number of aryl methyl sites for hydroxylation is 1. The van der Waals surface area contributed by atoms with Gasteiger partial charge < -0.3 is 24.2 Å². The summed E-state index contributed by atoms with van der Waals surface area (Å²) in [5.74, 6) is 0.164. The Morgan fingerprint density at radius 3 is 2.31 bits per heavy atom. The van der Waals surface area contributed by atoms with Crippen LogP contribution >= 0.6 is 0 Å². The largest absolute Gasteiger partial charge is 0.507 e. The van der Waals surface area contributed by atoms with Gasteiger partial charge in [0.15, 0.2) is 11.5 Å². The number of carbonyl (C=O) groups excluding carboxylic acids is 2. The number of hydrogen-bond donors (Lipinski definition) is 1. The number of likely N-dealkylation sites (tertiary alicyclic amines) is 1. The van der Waals surface area contributed by atoms with Crippen molar-refractivity contribution in [2.75, 3.05) is 20.3 Å². The Labute approximate surface area is 229 Å². The molecule has 1 amide bonds. The third kappa shape index (κ3) is 5.93. The minimum atomic E-state index is -0.765. The number of ether oxygens (including phenoxy) is 3. The van der Waals surface area contributed by atoms with Crippen LogP contribution in [0.5, 0.6) is 17.2 Å². The number of ketones is 1. The summed E-state index contributed by atoms with van der Waals surface area (Å²) in [7, 11) is 1.54. The summed E-state index contributed by atoms with van der Waals surface area (Å²) in [6.45, 7) is 7.17. The summed E-state index contributed by atoms with van der Waals surface area (Å²) in [6, 6.07) is 19.6. The van der Waals surface area contributed by atoms with Crippen LogP contribution in [0.1, 0.15) is 55.0 Å². The van der Waals surface area contributed by atoms with Gasteiger partial charge in [-0.25, -0.2) is 0 Å². The van der Waals surface area contributed by atoms with E-state index in [-0.39, 0.29) is 11.3 Å². The Bertz CT molecular complexity index is 1360. The summed E-state index contributed by atoms with van der Waals surface area (Å²) in [5.41, 5.74) is 2.99. The smallest absolute Gasteiger partial charge is 0.295 e. The number of nitrogens with zero attached hydrogens (tertiary/aromatic N) is 1. The minimum absolute atomic E-state index is 0.0510. The molecule has 0 aromatic heterocycles. The van der Waals surface area contributed by atoms with Crippen LogP contribution in [0.25, 0.3) is 5.76 Å². The lowest BCUT2D eigenvalue weighted by molar-refractivity contribution is -0.139. The van der Waals surface area contributed by atoms with E-state index in [9.17, 15) is 14.7 Å².